The molecule has 3 rings (SSSR count). The largest absolute Gasteiger partial charge is 0.480 e. The summed E-state index contributed by atoms with van der Waals surface area (Å²) in [5, 5.41) is 14.1. The van der Waals surface area contributed by atoms with E-state index in [4.69, 9.17) is 9.15 Å². The van der Waals surface area contributed by atoms with E-state index in [1.165, 1.54) is 14.2 Å². The number of para-hydroxylation sites is 1. The van der Waals surface area contributed by atoms with Gasteiger partial charge in [-0.3, -0.25) is 14.4 Å². The summed E-state index contributed by atoms with van der Waals surface area (Å²) in [5.41, 5.74) is 1.29. The predicted octanol–water partition coefficient (Wildman–Crippen LogP) is 3.13. The lowest BCUT2D eigenvalue weighted by Crippen LogP contribution is -2.40. The molecule has 1 aromatic carbocycles. The highest BCUT2D eigenvalue weighted by molar-refractivity contribution is 6.35. The summed E-state index contributed by atoms with van der Waals surface area (Å²) in [5.74, 6) is -0.633. The number of hydrogen-bond donors (Lipinski definition) is 2. The maximum Gasteiger partial charge on any atom is 0.309 e. The fourth-order valence-electron chi connectivity index (χ4n) is 3.51. The number of likely N-dealkylation sites (N-methyl/N-ethyl adjacent to an activating group) is 1. The van der Waals surface area contributed by atoms with Crippen molar-refractivity contribution in [3.05, 3.63) is 36.2 Å². The minimum atomic E-state index is -0.793. The third-order valence-electron chi connectivity index (χ3n) is 5.43. The average molecular weight is 468 g/mol. The summed E-state index contributed by atoms with van der Waals surface area (Å²) in [7, 11) is 2.89. The fraction of sp³-hybridized carbons (Fsp3) is 0.417. The summed E-state index contributed by atoms with van der Waals surface area (Å²) < 4.78 is 11.3. The van der Waals surface area contributed by atoms with E-state index in [9.17, 15) is 14.4 Å². The molecule has 0 aliphatic heterocycles. The quantitative estimate of drug-likeness (QED) is 0.324. The molecular weight excluding hydrogens is 438 g/mol. The van der Waals surface area contributed by atoms with Gasteiger partial charge in [-0.05, 0) is 25.0 Å². The average Bonchev–Trinajstić information content (AvgIpc) is 3.36. The number of nitrogens with one attached hydrogen (secondary N) is 2. The van der Waals surface area contributed by atoms with Gasteiger partial charge >= 0.3 is 11.8 Å². The van der Waals surface area contributed by atoms with Crippen LogP contribution in [0.15, 0.2) is 34.7 Å². The van der Waals surface area contributed by atoms with Crippen molar-refractivity contribution in [2.45, 2.75) is 51.5 Å². The number of pyridine rings is 1. The molecule has 0 aliphatic rings. The number of methoxy groups -OCH3 is 1. The number of carbonyl (C=O) groups excluding carboxylic acids is 3. The Labute approximate surface area is 197 Å². The van der Waals surface area contributed by atoms with Crippen LogP contribution in [-0.2, 0) is 14.4 Å². The second-order valence-electron chi connectivity index (χ2n) is 7.78. The highest BCUT2D eigenvalue weighted by atomic mass is 16.5. The molecule has 0 saturated carbocycles. The van der Waals surface area contributed by atoms with E-state index in [2.05, 4.69) is 25.8 Å². The van der Waals surface area contributed by atoms with Gasteiger partial charge < -0.3 is 19.8 Å². The molecule has 2 N–H and O–H groups in total. The number of ether oxygens (including phenoxy) is 1. The van der Waals surface area contributed by atoms with Crippen molar-refractivity contribution < 1.29 is 23.5 Å². The molecule has 1 atom stereocenters. The summed E-state index contributed by atoms with van der Waals surface area (Å²) in [4.78, 5) is 40.0. The molecule has 0 unspecified atom stereocenters. The highest BCUT2D eigenvalue weighted by Gasteiger charge is 2.25. The Morgan fingerprint density at radius 2 is 1.88 bits per heavy atom. The monoisotopic (exact) mass is 467 g/mol. The molecule has 0 spiro atoms. The van der Waals surface area contributed by atoms with Gasteiger partial charge in [-0.2, -0.15) is 0 Å². The van der Waals surface area contributed by atoms with Crippen LogP contribution in [0, 0.1) is 0 Å². The normalized spacial score (nSPS) is 11.7. The lowest BCUT2D eigenvalue weighted by Gasteiger charge is -2.14. The van der Waals surface area contributed by atoms with Gasteiger partial charge in [0, 0.05) is 25.3 Å². The number of aromatic nitrogens is 3. The van der Waals surface area contributed by atoms with Crippen molar-refractivity contribution in [1.82, 2.24) is 25.8 Å². The van der Waals surface area contributed by atoms with Crippen LogP contribution in [0.25, 0.3) is 22.4 Å². The summed E-state index contributed by atoms with van der Waals surface area (Å²) >= 11 is 0. The molecule has 0 radical (unpaired) electrons. The van der Waals surface area contributed by atoms with Crippen LogP contribution in [0.2, 0.25) is 0 Å². The molecule has 0 saturated heterocycles. The van der Waals surface area contributed by atoms with Crippen LogP contribution in [0.3, 0.4) is 0 Å². The van der Waals surface area contributed by atoms with Crippen LogP contribution in [-0.4, -0.2) is 46.9 Å². The third kappa shape index (κ3) is 6.15. The first-order chi connectivity index (χ1) is 16.5. The van der Waals surface area contributed by atoms with E-state index in [0.717, 1.165) is 23.7 Å². The second kappa shape index (κ2) is 11.9. The standard InChI is InChI=1S/C24H29N5O5/c1-4-16(30)11-6-5-7-13-19(26-21(32)20(31)25-2)24-29-28-23(34-24)17-14-15-10-8-9-12-18(15)27-22(17)33-3/h8-10,12,14,19H,4-7,11,13H2,1-3H3,(H,25,31)(H,26,32)/t19-/m0/s1. The first-order valence-electron chi connectivity index (χ1n) is 11.3. The molecule has 34 heavy (non-hydrogen) atoms. The molecule has 2 amide bonds. The van der Waals surface area contributed by atoms with Crippen molar-refractivity contribution in [2.24, 2.45) is 0 Å². The Kier molecular flexibility index (Phi) is 8.66. The van der Waals surface area contributed by atoms with E-state index < -0.39 is 17.9 Å². The molecule has 2 aromatic heterocycles. The number of Topliss-reactive ketones (excluding diaryl/α,β-unsaturated/α-hetero) is 1. The summed E-state index contributed by atoms with van der Waals surface area (Å²) in [6, 6.07) is 8.76. The van der Waals surface area contributed by atoms with Crippen LogP contribution in [0.1, 0.15) is 57.4 Å². The molecule has 10 heteroatoms. The van der Waals surface area contributed by atoms with Gasteiger partial charge in [-0.1, -0.05) is 38.0 Å². The SMILES string of the molecule is CCC(=O)CCCCC[C@H](NC(=O)C(=O)NC)c1nnc(-c2cc3ccccc3nc2OC)o1. The van der Waals surface area contributed by atoms with Crippen LogP contribution in [0.4, 0.5) is 0 Å². The van der Waals surface area contributed by atoms with E-state index >= 15 is 0 Å². The molecule has 0 bridgehead atoms. The zero-order valence-electron chi connectivity index (χ0n) is 19.6. The Morgan fingerprint density at radius 3 is 2.62 bits per heavy atom. The minimum absolute atomic E-state index is 0.173. The molecule has 180 valence electrons. The zero-order chi connectivity index (χ0) is 24.5. The lowest BCUT2D eigenvalue weighted by molar-refractivity contribution is -0.139. The van der Waals surface area contributed by atoms with E-state index in [-0.39, 0.29) is 17.6 Å². The fourth-order valence-corrected chi connectivity index (χ4v) is 3.51. The molecule has 0 aliphatic carbocycles. The number of ketones is 1. The summed E-state index contributed by atoms with van der Waals surface area (Å²) in [6.45, 7) is 1.85. The Hall–Kier alpha value is -3.82. The number of benzene rings is 1. The zero-order valence-corrected chi connectivity index (χ0v) is 19.6. The van der Waals surface area contributed by atoms with E-state index in [0.29, 0.717) is 37.1 Å². The first-order valence-corrected chi connectivity index (χ1v) is 11.3. The second-order valence-corrected chi connectivity index (χ2v) is 7.78. The van der Waals surface area contributed by atoms with Gasteiger partial charge in [0.2, 0.25) is 11.8 Å². The van der Waals surface area contributed by atoms with Gasteiger partial charge in [0.1, 0.15) is 17.4 Å². The number of hydrogen-bond acceptors (Lipinski definition) is 8. The van der Waals surface area contributed by atoms with E-state index in [1.807, 2.05) is 37.3 Å². The van der Waals surface area contributed by atoms with Crippen molar-refractivity contribution in [2.75, 3.05) is 14.2 Å². The minimum Gasteiger partial charge on any atom is -0.480 e. The number of carbonyl (C=O) groups is 3. The van der Waals surface area contributed by atoms with Crippen molar-refractivity contribution >= 4 is 28.5 Å². The van der Waals surface area contributed by atoms with Crippen LogP contribution >= 0.6 is 0 Å². The van der Waals surface area contributed by atoms with Crippen LogP contribution in [0.5, 0.6) is 5.88 Å². The number of nitrogens with zero attached hydrogens (tertiary/aromatic N) is 3. The first kappa shape index (κ1) is 24.8. The number of unbranched alkanes of at least 4 members (excludes halogenated alkanes) is 2. The third-order valence-corrected chi connectivity index (χ3v) is 5.43. The van der Waals surface area contributed by atoms with Gasteiger partial charge in [0.25, 0.3) is 5.89 Å². The molecular formula is C24H29N5O5. The Morgan fingerprint density at radius 1 is 1.09 bits per heavy atom. The maximum atomic E-state index is 12.2. The topological polar surface area (TPSA) is 136 Å². The molecule has 10 nitrogen and oxygen atoms in total. The van der Waals surface area contributed by atoms with Crippen molar-refractivity contribution in [3.8, 4) is 17.3 Å². The molecule has 3 aromatic rings. The van der Waals surface area contributed by atoms with E-state index in [1.54, 1.807) is 0 Å². The highest BCUT2D eigenvalue weighted by Crippen LogP contribution is 2.32. The maximum absolute atomic E-state index is 12.2. The Bertz CT molecular complexity index is 1160. The van der Waals surface area contributed by atoms with Crippen molar-refractivity contribution in [3.63, 3.8) is 0 Å². The summed E-state index contributed by atoms with van der Waals surface area (Å²) in [6.07, 6.45) is 3.79. The number of rotatable bonds is 11. The Balaban J connectivity index is 1.81. The predicted molar refractivity (Wildman–Crippen MR) is 125 cm³/mol. The lowest BCUT2D eigenvalue weighted by atomic mass is 10.0. The molecule has 2 heterocycles. The molecule has 0 fully saturated rings. The number of amides is 2. The van der Waals surface area contributed by atoms with Gasteiger partial charge in [-0.25, -0.2) is 4.98 Å². The smallest absolute Gasteiger partial charge is 0.309 e. The number of fused-ring (bicyclic) bond motifs is 1. The van der Waals surface area contributed by atoms with Gasteiger partial charge in [0.15, 0.2) is 0 Å². The van der Waals surface area contributed by atoms with Crippen LogP contribution < -0.4 is 15.4 Å². The van der Waals surface area contributed by atoms with Gasteiger partial charge in [0.05, 0.1) is 12.6 Å². The van der Waals surface area contributed by atoms with Crippen molar-refractivity contribution in [1.29, 1.82) is 0 Å². The van der Waals surface area contributed by atoms with Gasteiger partial charge in [-0.15, -0.1) is 10.2 Å².